The zero-order chi connectivity index (χ0) is 17.4. The molecule has 1 aliphatic carbocycles. The van der Waals surface area contributed by atoms with E-state index in [-0.39, 0.29) is 48.7 Å². The summed E-state index contributed by atoms with van der Waals surface area (Å²) in [7, 11) is 1.52. The van der Waals surface area contributed by atoms with E-state index in [0.29, 0.717) is 12.2 Å². The number of amides is 1. The molecule has 0 radical (unpaired) electrons. The molecule has 3 heterocycles. The number of hydrogen-bond donors (Lipinski definition) is 3. The Kier molecular flexibility index (Phi) is 3.70. The van der Waals surface area contributed by atoms with Crippen molar-refractivity contribution in [3.05, 3.63) is 22.5 Å². The maximum absolute atomic E-state index is 12.8. The molecule has 25 heavy (non-hydrogen) atoms. The van der Waals surface area contributed by atoms with Crippen LogP contribution in [0, 0.1) is 5.92 Å². The molecule has 0 aromatic heterocycles. The molecule has 9 nitrogen and oxygen atoms in total. The van der Waals surface area contributed by atoms with Crippen LogP contribution in [0.4, 0.5) is 4.79 Å². The zero-order valence-electron chi connectivity index (χ0n) is 13.3. The Bertz CT molecular complexity index is 758. The number of allylic oxidation sites excluding steroid dienone is 2. The van der Waals surface area contributed by atoms with E-state index < -0.39 is 23.5 Å². The van der Waals surface area contributed by atoms with E-state index >= 15 is 0 Å². The third-order valence-corrected chi connectivity index (χ3v) is 5.47. The fourth-order valence-corrected chi connectivity index (χ4v) is 4.31. The maximum Gasteiger partial charge on any atom is 0.404 e. The van der Waals surface area contributed by atoms with E-state index in [9.17, 15) is 14.4 Å². The van der Waals surface area contributed by atoms with Crippen LogP contribution in [-0.2, 0) is 19.1 Å². The lowest BCUT2D eigenvalue weighted by Crippen LogP contribution is -2.55. The SMILES string of the molecule is C.CO[C@@]12[C@H](COC(N)=O)C3=C(C(=O)C(C)=C(N)C3=O)N1C[C@@H]1N[C@@H]12. The molecule has 5 N–H and O–H groups in total. The molecule has 0 aromatic rings. The van der Waals surface area contributed by atoms with Gasteiger partial charge in [-0.2, -0.15) is 0 Å². The number of piperazine rings is 1. The molecule has 2 fully saturated rings. The van der Waals surface area contributed by atoms with Gasteiger partial charge in [0.05, 0.1) is 23.4 Å². The highest BCUT2D eigenvalue weighted by Crippen LogP contribution is 2.55. The average molecular weight is 350 g/mol. The first-order valence-electron chi connectivity index (χ1n) is 7.65. The Morgan fingerprint density at radius 1 is 1.40 bits per heavy atom. The minimum absolute atomic E-state index is 0. The van der Waals surface area contributed by atoms with Gasteiger partial charge in [0.25, 0.3) is 0 Å². The number of primary amides is 1. The zero-order valence-corrected chi connectivity index (χ0v) is 13.3. The van der Waals surface area contributed by atoms with Gasteiger partial charge in [0, 0.05) is 30.8 Å². The summed E-state index contributed by atoms with van der Waals surface area (Å²) in [4.78, 5) is 38.4. The topological polar surface area (TPSA) is 147 Å². The molecule has 0 spiro atoms. The van der Waals surface area contributed by atoms with Gasteiger partial charge < -0.3 is 31.2 Å². The maximum atomic E-state index is 12.8. The van der Waals surface area contributed by atoms with Crippen LogP contribution in [-0.4, -0.2) is 60.6 Å². The van der Waals surface area contributed by atoms with Crippen LogP contribution in [0.2, 0.25) is 0 Å². The van der Waals surface area contributed by atoms with E-state index in [2.05, 4.69) is 5.32 Å². The third-order valence-electron chi connectivity index (χ3n) is 5.47. The second kappa shape index (κ2) is 5.30. The molecule has 3 aliphatic heterocycles. The summed E-state index contributed by atoms with van der Waals surface area (Å²) in [5.41, 5.74) is 10.7. The molecule has 9 heteroatoms. The van der Waals surface area contributed by atoms with Crippen molar-refractivity contribution in [2.24, 2.45) is 17.4 Å². The molecule has 0 aromatic carbocycles. The monoisotopic (exact) mass is 350 g/mol. The number of nitrogens with zero attached hydrogens (tertiary/aromatic N) is 1. The lowest BCUT2D eigenvalue weighted by Gasteiger charge is -2.39. The number of carbonyl (C=O) groups is 3. The van der Waals surface area contributed by atoms with E-state index in [0.717, 1.165) is 0 Å². The molecular formula is C16H22N4O5. The van der Waals surface area contributed by atoms with Gasteiger partial charge in [-0.1, -0.05) is 7.43 Å². The van der Waals surface area contributed by atoms with Crippen LogP contribution in [0.5, 0.6) is 0 Å². The molecule has 0 bridgehead atoms. The number of fused-ring (bicyclic) bond motifs is 4. The van der Waals surface area contributed by atoms with Crippen LogP contribution in [0.15, 0.2) is 22.5 Å². The first-order valence-corrected chi connectivity index (χ1v) is 7.65. The average Bonchev–Trinajstić information content (AvgIpc) is 3.16. The van der Waals surface area contributed by atoms with Crippen molar-refractivity contribution in [2.75, 3.05) is 20.3 Å². The Hall–Kier alpha value is -2.39. The highest BCUT2D eigenvalue weighted by atomic mass is 16.6. The molecule has 4 atom stereocenters. The largest absolute Gasteiger partial charge is 0.449 e. The van der Waals surface area contributed by atoms with Gasteiger partial charge in [-0.15, -0.1) is 0 Å². The molecule has 0 saturated carbocycles. The Morgan fingerprint density at radius 2 is 2.08 bits per heavy atom. The standard InChI is InChI=1S/C15H18N4O5.CH4/c1-5-9(16)12(21)8-6(4-24-14(17)22)15(23-2)13-7(18-13)3-19(15)10(8)11(5)20;/h6-7,13,18H,3-4,16H2,1-2H3,(H2,17,22);1H4/t6-,7+,13+,15-;/m1./s1. The summed E-state index contributed by atoms with van der Waals surface area (Å²) in [5, 5.41) is 3.28. The highest BCUT2D eigenvalue weighted by Gasteiger charge is 2.72. The Balaban J connectivity index is 0.00000182. The van der Waals surface area contributed by atoms with Gasteiger partial charge >= 0.3 is 6.09 Å². The first-order chi connectivity index (χ1) is 11.3. The van der Waals surface area contributed by atoms with Gasteiger partial charge in [0.2, 0.25) is 11.6 Å². The summed E-state index contributed by atoms with van der Waals surface area (Å²) < 4.78 is 10.8. The summed E-state index contributed by atoms with van der Waals surface area (Å²) in [6.45, 7) is 1.92. The Labute approximate surface area is 145 Å². The van der Waals surface area contributed by atoms with Gasteiger partial charge in [-0.3, -0.25) is 9.59 Å². The van der Waals surface area contributed by atoms with E-state index in [1.807, 2.05) is 4.90 Å². The van der Waals surface area contributed by atoms with Gasteiger partial charge in [0.15, 0.2) is 5.72 Å². The fraction of sp³-hybridized carbons (Fsp3) is 0.562. The second-order valence-corrected chi connectivity index (χ2v) is 6.46. The van der Waals surface area contributed by atoms with Crippen LogP contribution in [0.25, 0.3) is 0 Å². The third kappa shape index (κ3) is 1.93. The molecule has 0 unspecified atom stereocenters. The van der Waals surface area contributed by atoms with Crippen LogP contribution in [0.1, 0.15) is 14.4 Å². The normalized spacial score (nSPS) is 35.3. The van der Waals surface area contributed by atoms with Crippen molar-refractivity contribution >= 4 is 17.7 Å². The number of carbonyl (C=O) groups excluding carboxylic acids is 3. The lowest BCUT2D eigenvalue weighted by molar-refractivity contribution is -0.137. The number of hydrogen-bond acceptors (Lipinski definition) is 8. The quantitative estimate of drug-likeness (QED) is 0.433. The number of methoxy groups -OCH3 is 1. The molecule has 4 rings (SSSR count). The molecule has 2 saturated heterocycles. The van der Waals surface area contributed by atoms with Crippen LogP contribution >= 0.6 is 0 Å². The van der Waals surface area contributed by atoms with Crippen molar-refractivity contribution < 1.29 is 23.9 Å². The first kappa shape index (κ1) is 17.4. The summed E-state index contributed by atoms with van der Waals surface area (Å²) in [5.74, 6) is -1.34. The summed E-state index contributed by atoms with van der Waals surface area (Å²) in [6, 6.07) is 0.109. The van der Waals surface area contributed by atoms with Crippen molar-refractivity contribution in [1.82, 2.24) is 10.2 Å². The van der Waals surface area contributed by atoms with Crippen molar-refractivity contribution in [3.63, 3.8) is 0 Å². The molecule has 1 amide bonds. The van der Waals surface area contributed by atoms with Crippen molar-refractivity contribution in [1.29, 1.82) is 0 Å². The number of nitrogens with two attached hydrogens (primary N) is 2. The molecular weight excluding hydrogens is 328 g/mol. The van der Waals surface area contributed by atoms with Crippen LogP contribution < -0.4 is 16.8 Å². The van der Waals surface area contributed by atoms with Crippen molar-refractivity contribution in [3.8, 4) is 0 Å². The predicted molar refractivity (Wildman–Crippen MR) is 86.8 cm³/mol. The summed E-state index contributed by atoms with van der Waals surface area (Å²) >= 11 is 0. The van der Waals surface area contributed by atoms with E-state index in [1.165, 1.54) is 14.0 Å². The fourth-order valence-electron chi connectivity index (χ4n) is 4.31. The lowest BCUT2D eigenvalue weighted by atomic mass is 9.82. The molecule has 4 aliphatic rings. The molecule has 136 valence electrons. The minimum atomic E-state index is -0.957. The second-order valence-electron chi connectivity index (χ2n) is 6.46. The predicted octanol–water partition coefficient (Wildman–Crippen LogP) is -1.02. The number of Topliss-reactive ketones (excluding diaryl/α,β-unsaturated/α-hetero) is 2. The van der Waals surface area contributed by atoms with Gasteiger partial charge in [-0.25, -0.2) is 4.79 Å². The van der Waals surface area contributed by atoms with Gasteiger partial charge in [0.1, 0.15) is 6.61 Å². The minimum Gasteiger partial charge on any atom is -0.449 e. The smallest absolute Gasteiger partial charge is 0.404 e. The number of ether oxygens (including phenoxy) is 2. The highest BCUT2D eigenvalue weighted by molar-refractivity contribution is 6.25. The number of rotatable bonds is 3. The number of ketones is 2. The van der Waals surface area contributed by atoms with E-state index in [1.54, 1.807) is 0 Å². The van der Waals surface area contributed by atoms with Crippen molar-refractivity contribution in [2.45, 2.75) is 32.2 Å². The summed E-state index contributed by atoms with van der Waals surface area (Å²) in [6.07, 6.45) is -0.950. The van der Waals surface area contributed by atoms with E-state index in [4.69, 9.17) is 20.9 Å². The van der Waals surface area contributed by atoms with Gasteiger partial charge in [-0.05, 0) is 6.92 Å². The number of nitrogens with one attached hydrogen (secondary N) is 1. The van der Waals surface area contributed by atoms with Crippen LogP contribution in [0.3, 0.4) is 0 Å². The Morgan fingerprint density at radius 3 is 2.68 bits per heavy atom.